The van der Waals surface area contributed by atoms with Gasteiger partial charge in [0, 0.05) is 12.1 Å². The molecule has 0 unspecified atom stereocenters. The molecular weight excluding hydrogens is 182 g/mol. The molecule has 3 N–H and O–H groups in total. The Kier molecular flexibility index (Phi) is 3.36. The van der Waals surface area contributed by atoms with Crippen molar-refractivity contribution in [3.63, 3.8) is 0 Å². The topological polar surface area (TPSA) is 80.4 Å². The van der Waals surface area contributed by atoms with Gasteiger partial charge >= 0.3 is 5.97 Å². The van der Waals surface area contributed by atoms with Crippen LogP contribution in [0.3, 0.4) is 0 Å². The Morgan fingerprint density at radius 2 is 2.07 bits per heavy atom. The van der Waals surface area contributed by atoms with Crippen molar-refractivity contribution in [1.29, 1.82) is 0 Å². The summed E-state index contributed by atoms with van der Waals surface area (Å²) in [6, 6.07) is 6.69. The van der Waals surface area contributed by atoms with Crippen LogP contribution in [0.5, 0.6) is 0 Å². The van der Waals surface area contributed by atoms with E-state index in [4.69, 9.17) is 10.8 Å². The number of ketones is 1. The molecule has 4 nitrogen and oxygen atoms in total. The molecule has 1 rings (SSSR count). The van der Waals surface area contributed by atoms with E-state index in [2.05, 4.69) is 0 Å². The van der Waals surface area contributed by atoms with E-state index < -0.39 is 18.2 Å². The zero-order valence-corrected chi connectivity index (χ0v) is 7.56. The lowest BCUT2D eigenvalue weighted by Gasteiger charge is -2.00. The fourth-order valence-corrected chi connectivity index (χ4v) is 1.11. The van der Waals surface area contributed by atoms with Crippen molar-refractivity contribution < 1.29 is 14.7 Å². The minimum absolute atomic E-state index is 0.341. The Morgan fingerprint density at radius 3 is 2.64 bits per heavy atom. The number of aliphatic carboxylic acids is 1. The first-order valence-corrected chi connectivity index (χ1v) is 4.17. The van der Waals surface area contributed by atoms with Crippen LogP contribution in [0.15, 0.2) is 24.3 Å². The van der Waals surface area contributed by atoms with Crippen molar-refractivity contribution in [2.75, 3.05) is 0 Å². The molecule has 0 aromatic heterocycles. The Bertz CT molecular complexity index is 360. The van der Waals surface area contributed by atoms with Crippen LogP contribution in [0, 0.1) is 0 Å². The average molecular weight is 193 g/mol. The van der Waals surface area contributed by atoms with Gasteiger partial charge in [0.1, 0.15) is 6.42 Å². The average Bonchev–Trinajstić information content (AvgIpc) is 2.17. The molecule has 4 heteroatoms. The van der Waals surface area contributed by atoms with E-state index in [9.17, 15) is 9.59 Å². The predicted octanol–water partition coefficient (Wildman–Crippen LogP) is 0.803. The van der Waals surface area contributed by atoms with Gasteiger partial charge in [-0.3, -0.25) is 9.59 Å². The van der Waals surface area contributed by atoms with Gasteiger partial charge in [-0.2, -0.15) is 0 Å². The third kappa shape index (κ3) is 2.67. The maximum absolute atomic E-state index is 11.3. The monoisotopic (exact) mass is 193 g/mol. The standard InChI is InChI=1S/C10H11NO3/c11-6-7-2-1-3-8(4-7)9(12)5-10(13)14/h1-4H,5-6,11H2,(H,13,14). The Labute approximate surface area is 81.3 Å². The third-order valence-corrected chi connectivity index (χ3v) is 1.80. The third-order valence-electron chi connectivity index (χ3n) is 1.80. The van der Waals surface area contributed by atoms with Gasteiger partial charge in [0.2, 0.25) is 0 Å². The number of benzene rings is 1. The highest BCUT2D eigenvalue weighted by Crippen LogP contribution is 2.07. The molecular formula is C10H11NO3. The van der Waals surface area contributed by atoms with Crippen LogP contribution in [0.25, 0.3) is 0 Å². The molecule has 14 heavy (non-hydrogen) atoms. The highest BCUT2D eigenvalue weighted by atomic mass is 16.4. The molecule has 0 heterocycles. The van der Waals surface area contributed by atoms with Crippen LogP contribution < -0.4 is 5.73 Å². The van der Waals surface area contributed by atoms with Gasteiger partial charge in [-0.15, -0.1) is 0 Å². The van der Waals surface area contributed by atoms with Crippen molar-refractivity contribution in [3.8, 4) is 0 Å². The lowest BCUT2D eigenvalue weighted by molar-refractivity contribution is -0.135. The normalized spacial score (nSPS) is 9.79. The number of hydrogen-bond acceptors (Lipinski definition) is 3. The molecule has 0 bridgehead atoms. The molecule has 0 aliphatic carbocycles. The van der Waals surface area contributed by atoms with Crippen molar-refractivity contribution in [1.82, 2.24) is 0 Å². The Morgan fingerprint density at radius 1 is 1.36 bits per heavy atom. The summed E-state index contributed by atoms with van der Waals surface area (Å²) in [5.74, 6) is -1.51. The van der Waals surface area contributed by atoms with Crippen LogP contribution in [0.4, 0.5) is 0 Å². The highest BCUT2D eigenvalue weighted by molar-refractivity contribution is 6.05. The molecule has 0 saturated carbocycles. The molecule has 0 fully saturated rings. The number of hydrogen-bond donors (Lipinski definition) is 2. The van der Waals surface area contributed by atoms with Crippen molar-refractivity contribution >= 4 is 11.8 Å². The van der Waals surface area contributed by atoms with E-state index in [-0.39, 0.29) is 0 Å². The zero-order chi connectivity index (χ0) is 10.6. The SMILES string of the molecule is NCc1cccc(C(=O)CC(=O)O)c1. The van der Waals surface area contributed by atoms with Gasteiger partial charge in [0.15, 0.2) is 5.78 Å². The van der Waals surface area contributed by atoms with Crippen LogP contribution >= 0.6 is 0 Å². The Hall–Kier alpha value is -1.68. The Balaban J connectivity index is 2.84. The van der Waals surface area contributed by atoms with Gasteiger partial charge in [-0.1, -0.05) is 18.2 Å². The largest absolute Gasteiger partial charge is 0.481 e. The first-order chi connectivity index (χ1) is 6.63. The van der Waals surface area contributed by atoms with Crippen molar-refractivity contribution in [2.24, 2.45) is 5.73 Å². The molecule has 0 spiro atoms. The summed E-state index contributed by atoms with van der Waals surface area (Å²) in [4.78, 5) is 21.6. The van der Waals surface area contributed by atoms with E-state index in [0.29, 0.717) is 12.1 Å². The van der Waals surface area contributed by atoms with E-state index in [1.165, 1.54) is 0 Å². The summed E-state index contributed by atoms with van der Waals surface area (Å²) >= 11 is 0. The number of nitrogens with two attached hydrogens (primary N) is 1. The molecule has 1 aromatic rings. The number of carboxylic acid groups (broad SMARTS) is 1. The maximum atomic E-state index is 11.3. The highest BCUT2D eigenvalue weighted by Gasteiger charge is 2.10. The second-order valence-corrected chi connectivity index (χ2v) is 2.90. The fraction of sp³-hybridized carbons (Fsp3) is 0.200. The minimum atomic E-state index is -1.12. The van der Waals surface area contributed by atoms with Gasteiger partial charge in [-0.05, 0) is 11.6 Å². The summed E-state index contributed by atoms with van der Waals surface area (Å²) < 4.78 is 0. The first-order valence-electron chi connectivity index (χ1n) is 4.17. The van der Waals surface area contributed by atoms with Crippen LogP contribution in [0.1, 0.15) is 22.3 Å². The van der Waals surface area contributed by atoms with Crippen molar-refractivity contribution in [2.45, 2.75) is 13.0 Å². The van der Waals surface area contributed by atoms with Crippen LogP contribution in [-0.4, -0.2) is 16.9 Å². The van der Waals surface area contributed by atoms with E-state index >= 15 is 0 Å². The number of rotatable bonds is 4. The predicted molar refractivity (Wildman–Crippen MR) is 50.9 cm³/mol. The van der Waals surface area contributed by atoms with Crippen LogP contribution in [0.2, 0.25) is 0 Å². The molecule has 1 aromatic carbocycles. The summed E-state index contributed by atoms with van der Waals surface area (Å²) in [5.41, 5.74) is 6.61. The molecule has 0 aliphatic heterocycles. The first kappa shape index (κ1) is 10.4. The number of carbonyl (C=O) groups excluding carboxylic acids is 1. The van der Waals surface area contributed by atoms with E-state index in [0.717, 1.165) is 5.56 Å². The molecule has 74 valence electrons. The zero-order valence-electron chi connectivity index (χ0n) is 7.56. The maximum Gasteiger partial charge on any atom is 0.311 e. The van der Waals surface area contributed by atoms with Crippen molar-refractivity contribution in [3.05, 3.63) is 35.4 Å². The molecule has 0 amide bonds. The van der Waals surface area contributed by atoms with Crippen LogP contribution in [-0.2, 0) is 11.3 Å². The lowest BCUT2D eigenvalue weighted by atomic mass is 10.1. The summed E-state index contributed by atoms with van der Waals surface area (Å²) in [6.07, 6.45) is -0.478. The smallest absolute Gasteiger partial charge is 0.311 e. The number of carboxylic acids is 1. The second kappa shape index (κ2) is 4.53. The van der Waals surface area contributed by atoms with E-state index in [1.807, 2.05) is 0 Å². The molecule has 0 atom stereocenters. The summed E-state index contributed by atoms with van der Waals surface area (Å²) in [7, 11) is 0. The lowest BCUT2D eigenvalue weighted by Crippen LogP contribution is -2.07. The summed E-state index contributed by atoms with van der Waals surface area (Å²) in [5, 5.41) is 8.43. The fourth-order valence-electron chi connectivity index (χ4n) is 1.11. The molecule has 0 saturated heterocycles. The van der Waals surface area contributed by atoms with Gasteiger partial charge in [0.25, 0.3) is 0 Å². The van der Waals surface area contributed by atoms with Gasteiger partial charge in [0.05, 0.1) is 0 Å². The van der Waals surface area contributed by atoms with E-state index in [1.54, 1.807) is 24.3 Å². The molecule has 0 radical (unpaired) electrons. The van der Waals surface area contributed by atoms with Gasteiger partial charge < -0.3 is 10.8 Å². The quantitative estimate of drug-likeness (QED) is 0.547. The summed E-state index contributed by atoms with van der Waals surface area (Å²) in [6.45, 7) is 0.341. The minimum Gasteiger partial charge on any atom is -0.481 e. The van der Waals surface area contributed by atoms with Gasteiger partial charge in [-0.25, -0.2) is 0 Å². The second-order valence-electron chi connectivity index (χ2n) is 2.90. The molecule has 0 aliphatic rings. The number of carbonyl (C=O) groups is 2. The number of Topliss-reactive ketones (excluding diaryl/α,β-unsaturated/α-hetero) is 1.